The summed E-state index contributed by atoms with van der Waals surface area (Å²) < 4.78 is 24.3. The van der Waals surface area contributed by atoms with Crippen LogP contribution in [0.2, 0.25) is 0 Å². The van der Waals surface area contributed by atoms with Crippen molar-refractivity contribution in [3.05, 3.63) is 59.9 Å². The molecule has 0 spiro atoms. The Balaban J connectivity index is 2.13. The van der Waals surface area contributed by atoms with Gasteiger partial charge in [-0.2, -0.15) is 0 Å². The van der Waals surface area contributed by atoms with Gasteiger partial charge in [-0.25, -0.2) is 8.42 Å². The van der Waals surface area contributed by atoms with Gasteiger partial charge in [0.1, 0.15) is 5.69 Å². The second kappa shape index (κ2) is 6.47. The lowest BCUT2D eigenvalue weighted by Gasteiger charge is -2.11. The fraction of sp³-hybridized carbons (Fsp3) is 0.143. The Morgan fingerprint density at radius 1 is 1.14 bits per heavy atom. The van der Waals surface area contributed by atoms with E-state index in [-0.39, 0.29) is 4.90 Å². The molecule has 1 aromatic heterocycles. The number of nitrogens with one attached hydrogen (secondary N) is 2. The summed E-state index contributed by atoms with van der Waals surface area (Å²) in [6.07, 6.45) is 1.61. The number of hydrogen-bond acceptors (Lipinski definition) is 4. The Bertz CT molecular complexity index is 725. The number of nitrogens with zero attached hydrogens (tertiary/aromatic N) is 2. The van der Waals surface area contributed by atoms with Gasteiger partial charge in [-0.15, -0.1) is 4.83 Å². The molecule has 2 rings (SSSR count). The number of aliphatic imine (C=N–C) groups is 1. The molecule has 0 bridgehead atoms. The van der Waals surface area contributed by atoms with E-state index in [9.17, 15) is 8.42 Å². The lowest BCUT2D eigenvalue weighted by atomic mass is 10.2. The normalized spacial score (nSPS) is 12.2. The monoisotopic (exact) mass is 304 g/mol. The fourth-order valence-corrected chi connectivity index (χ4v) is 2.47. The van der Waals surface area contributed by atoms with Crippen molar-refractivity contribution in [2.24, 2.45) is 4.99 Å². The molecule has 1 aromatic carbocycles. The summed E-state index contributed by atoms with van der Waals surface area (Å²) in [6.45, 7) is 1.89. The lowest BCUT2D eigenvalue weighted by Crippen LogP contribution is -2.42. The van der Waals surface area contributed by atoms with Gasteiger partial charge in [0.2, 0.25) is 0 Å². The SMILES string of the molecule is CN=C(NNS(=O)(=O)c1ccc(C)cc1)c1ccccn1. The second-order valence-electron chi connectivity index (χ2n) is 4.33. The Hall–Kier alpha value is -2.25. The van der Waals surface area contributed by atoms with Gasteiger partial charge >= 0.3 is 0 Å². The average Bonchev–Trinajstić information content (AvgIpc) is 2.49. The minimum absolute atomic E-state index is 0.178. The Labute approximate surface area is 124 Å². The van der Waals surface area contributed by atoms with Crippen LogP contribution in [0.15, 0.2) is 58.5 Å². The van der Waals surface area contributed by atoms with Crippen molar-refractivity contribution in [1.82, 2.24) is 15.2 Å². The van der Waals surface area contributed by atoms with Crippen LogP contribution in [0.3, 0.4) is 0 Å². The van der Waals surface area contributed by atoms with Gasteiger partial charge in [-0.05, 0) is 31.2 Å². The molecule has 6 nitrogen and oxygen atoms in total. The van der Waals surface area contributed by atoms with E-state index in [0.29, 0.717) is 11.5 Å². The van der Waals surface area contributed by atoms with Crippen molar-refractivity contribution in [1.29, 1.82) is 0 Å². The summed E-state index contributed by atoms with van der Waals surface area (Å²) in [6, 6.07) is 11.9. The zero-order valence-electron chi connectivity index (χ0n) is 11.7. The molecular weight excluding hydrogens is 288 g/mol. The van der Waals surface area contributed by atoms with Crippen molar-refractivity contribution < 1.29 is 8.42 Å². The van der Waals surface area contributed by atoms with Crippen LogP contribution in [0.5, 0.6) is 0 Å². The molecule has 0 fully saturated rings. The van der Waals surface area contributed by atoms with Crippen LogP contribution < -0.4 is 10.3 Å². The molecule has 0 aliphatic carbocycles. The van der Waals surface area contributed by atoms with Crippen LogP contribution in [0.1, 0.15) is 11.3 Å². The van der Waals surface area contributed by atoms with Crippen LogP contribution in [-0.2, 0) is 10.0 Å². The van der Waals surface area contributed by atoms with Gasteiger partial charge in [0.25, 0.3) is 10.0 Å². The first-order valence-electron chi connectivity index (χ1n) is 6.25. The summed E-state index contributed by atoms with van der Waals surface area (Å²) >= 11 is 0. The number of aryl methyl sites for hydroxylation is 1. The van der Waals surface area contributed by atoms with Gasteiger partial charge in [0.05, 0.1) is 4.90 Å². The van der Waals surface area contributed by atoms with Gasteiger partial charge in [0.15, 0.2) is 5.84 Å². The number of rotatable bonds is 4. The highest BCUT2D eigenvalue weighted by molar-refractivity contribution is 7.89. The van der Waals surface area contributed by atoms with E-state index in [1.54, 1.807) is 55.7 Å². The van der Waals surface area contributed by atoms with Gasteiger partial charge < -0.3 is 0 Å². The minimum atomic E-state index is -3.66. The molecule has 110 valence electrons. The summed E-state index contributed by atoms with van der Waals surface area (Å²) in [5, 5.41) is 0. The Morgan fingerprint density at radius 2 is 1.86 bits per heavy atom. The molecular formula is C14H16N4O2S. The predicted molar refractivity (Wildman–Crippen MR) is 81.3 cm³/mol. The van der Waals surface area contributed by atoms with E-state index in [1.165, 1.54) is 0 Å². The van der Waals surface area contributed by atoms with Crippen molar-refractivity contribution in [2.75, 3.05) is 7.05 Å². The maximum absolute atomic E-state index is 12.1. The highest BCUT2D eigenvalue weighted by atomic mass is 32.2. The lowest BCUT2D eigenvalue weighted by molar-refractivity contribution is 0.577. The van der Waals surface area contributed by atoms with Crippen molar-refractivity contribution in [3.8, 4) is 0 Å². The van der Waals surface area contributed by atoms with E-state index in [4.69, 9.17) is 0 Å². The molecule has 21 heavy (non-hydrogen) atoms. The van der Waals surface area contributed by atoms with Crippen LogP contribution in [-0.4, -0.2) is 26.3 Å². The predicted octanol–water partition coefficient (Wildman–Crippen LogP) is 1.25. The first kappa shape index (κ1) is 15.1. The molecule has 0 amide bonds. The summed E-state index contributed by atoms with van der Waals surface area (Å²) in [4.78, 5) is 10.6. The second-order valence-corrected chi connectivity index (χ2v) is 6.01. The van der Waals surface area contributed by atoms with Crippen LogP contribution >= 0.6 is 0 Å². The van der Waals surface area contributed by atoms with Crippen LogP contribution in [0, 0.1) is 6.92 Å². The van der Waals surface area contributed by atoms with Gasteiger partial charge in [-0.1, -0.05) is 23.8 Å². The first-order valence-corrected chi connectivity index (χ1v) is 7.74. The standard InChI is InChI=1S/C14H16N4O2S/c1-11-6-8-12(9-7-11)21(19,20)18-17-14(15-2)13-5-3-4-10-16-13/h3-10,18H,1-2H3,(H,15,17). The average molecular weight is 304 g/mol. The van der Waals surface area contributed by atoms with Crippen molar-refractivity contribution in [3.63, 3.8) is 0 Å². The van der Waals surface area contributed by atoms with E-state index < -0.39 is 10.0 Å². The zero-order chi connectivity index (χ0) is 15.3. The number of amidine groups is 1. The number of sulfonamides is 1. The third kappa shape index (κ3) is 3.87. The summed E-state index contributed by atoms with van der Waals surface area (Å²) in [5.74, 6) is 0.339. The van der Waals surface area contributed by atoms with Crippen molar-refractivity contribution >= 4 is 15.9 Å². The molecule has 0 aliphatic rings. The first-order chi connectivity index (χ1) is 10.0. The summed E-state index contributed by atoms with van der Waals surface area (Å²) in [5.41, 5.74) is 4.13. The van der Waals surface area contributed by atoms with Gasteiger partial charge in [0, 0.05) is 13.2 Å². The molecule has 1 heterocycles. The topological polar surface area (TPSA) is 83.5 Å². The van der Waals surface area contributed by atoms with Gasteiger partial charge in [-0.3, -0.25) is 15.4 Å². The molecule has 0 unspecified atom stereocenters. The Kier molecular flexibility index (Phi) is 4.66. The number of hydrogen-bond donors (Lipinski definition) is 2. The minimum Gasteiger partial charge on any atom is -0.290 e. The van der Waals surface area contributed by atoms with Crippen LogP contribution in [0.25, 0.3) is 0 Å². The van der Waals surface area contributed by atoms with E-state index in [1.807, 2.05) is 6.92 Å². The van der Waals surface area contributed by atoms with Crippen LogP contribution in [0.4, 0.5) is 0 Å². The molecule has 2 N–H and O–H groups in total. The van der Waals surface area contributed by atoms with E-state index in [2.05, 4.69) is 20.2 Å². The van der Waals surface area contributed by atoms with E-state index >= 15 is 0 Å². The molecule has 0 aliphatic heterocycles. The summed E-state index contributed by atoms with van der Waals surface area (Å²) in [7, 11) is -2.11. The fourth-order valence-electron chi connectivity index (χ4n) is 1.63. The molecule has 7 heteroatoms. The number of hydrazine groups is 1. The Morgan fingerprint density at radius 3 is 2.43 bits per heavy atom. The maximum Gasteiger partial charge on any atom is 0.257 e. The molecule has 0 radical (unpaired) electrons. The number of pyridine rings is 1. The number of aromatic nitrogens is 1. The number of benzene rings is 1. The highest BCUT2D eigenvalue weighted by Crippen LogP contribution is 2.09. The third-order valence-corrected chi connectivity index (χ3v) is 4.03. The molecule has 0 saturated carbocycles. The third-order valence-electron chi connectivity index (χ3n) is 2.77. The maximum atomic E-state index is 12.1. The molecule has 0 atom stereocenters. The van der Waals surface area contributed by atoms with Crippen molar-refractivity contribution in [2.45, 2.75) is 11.8 Å². The highest BCUT2D eigenvalue weighted by Gasteiger charge is 2.14. The zero-order valence-corrected chi connectivity index (χ0v) is 12.6. The smallest absolute Gasteiger partial charge is 0.257 e. The largest absolute Gasteiger partial charge is 0.290 e. The van der Waals surface area contributed by atoms with E-state index in [0.717, 1.165) is 5.56 Å². The quantitative estimate of drug-likeness (QED) is 0.506. The molecule has 2 aromatic rings. The molecule has 0 saturated heterocycles.